The lowest BCUT2D eigenvalue weighted by molar-refractivity contribution is -0.311. The van der Waals surface area contributed by atoms with Gasteiger partial charge in [0.2, 0.25) is 5.79 Å². The molecule has 0 radical (unpaired) electrons. The molecule has 1 aromatic heterocycles. The van der Waals surface area contributed by atoms with Gasteiger partial charge in [-0.1, -0.05) is 30.4 Å². The van der Waals surface area contributed by atoms with Gasteiger partial charge in [-0.3, -0.25) is 14.4 Å². The van der Waals surface area contributed by atoms with Crippen LogP contribution in [0.1, 0.15) is 52.9 Å². The first kappa shape index (κ1) is 31.8. The molecule has 0 unspecified atom stereocenters. The summed E-state index contributed by atoms with van der Waals surface area (Å²) in [5.41, 5.74) is -3.25. The number of carbonyl (C=O) groups excluding carboxylic acids is 3. The maximum atomic E-state index is 12.1. The Labute approximate surface area is 237 Å². The van der Waals surface area contributed by atoms with E-state index in [4.69, 9.17) is 32.8 Å². The third-order valence-corrected chi connectivity index (χ3v) is 7.12. The molecule has 2 bridgehead atoms. The zero-order valence-corrected chi connectivity index (χ0v) is 24.3. The van der Waals surface area contributed by atoms with Crippen molar-refractivity contribution in [3.05, 3.63) is 58.2 Å². The molecule has 2 aliphatic rings. The van der Waals surface area contributed by atoms with Gasteiger partial charge in [-0.2, -0.15) is 0 Å². The van der Waals surface area contributed by atoms with E-state index in [9.17, 15) is 24.3 Å². The fraction of sp³-hybridized carbons (Fsp3) is 0.517. The predicted octanol–water partition coefficient (Wildman–Crippen LogP) is 2.53. The Hall–Kier alpha value is -3.74. The molecular formula is C29H36O12. The number of hydrogen-bond acceptors (Lipinski definition) is 12. The van der Waals surface area contributed by atoms with Crippen LogP contribution in [0.25, 0.3) is 6.08 Å². The number of rotatable bonds is 9. The summed E-state index contributed by atoms with van der Waals surface area (Å²) in [5.74, 6) is -3.57. The van der Waals surface area contributed by atoms with Gasteiger partial charge in [-0.15, -0.1) is 0 Å². The van der Waals surface area contributed by atoms with E-state index in [0.717, 1.165) is 0 Å². The van der Waals surface area contributed by atoms with Crippen molar-refractivity contribution in [3.8, 4) is 5.75 Å². The van der Waals surface area contributed by atoms with Crippen LogP contribution in [0.5, 0.6) is 5.75 Å². The van der Waals surface area contributed by atoms with Crippen molar-refractivity contribution in [2.45, 2.75) is 89.9 Å². The molecule has 224 valence electrons. The predicted molar refractivity (Wildman–Crippen MR) is 144 cm³/mol. The second kappa shape index (κ2) is 12.0. The molecular weight excluding hydrogens is 540 g/mol. The van der Waals surface area contributed by atoms with Gasteiger partial charge < -0.3 is 37.9 Å². The molecule has 1 N–H and O–H groups in total. The number of carbonyl (C=O) groups is 3. The summed E-state index contributed by atoms with van der Waals surface area (Å²) >= 11 is 0. The maximum Gasteiger partial charge on any atom is 0.339 e. The van der Waals surface area contributed by atoms with Gasteiger partial charge in [0.05, 0.1) is 13.2 Å². The highest BCUT2D eigenvalue weighted by atomic mass is 16.8. The molecule has 0 aliphatic carbocycles. The molecule has 0 aromatic carbocycles. The zero-order chi connectivity index (χ0) is 30.8. The lowest BCUT2D eigenvalue weighted by Crippen LogP contribution is -2.69. The van der Waals surface area contributed by atoms with Gasteiger partial charge in [0.25, 0.3) is 0 Å². The van der Waals surface area contributed by atoms with Crippen molar-refractivity contribution in [1.29, 1.82) is 0 Å². The third-order valence-electron chi connectivity index (χ3n) is 7.12. The molecule has 7 atom stereocenters. The van der Waals surface area contributed by atoms with E-state index in [1.54, 1.807) is 43.4 Å². The summed E-state index contributed by atoms with van der Waals surface area (Å²) in [6, 6.07) is 1.26. The van der Waals surface area contributed by atoms with E-state index >= 15 is 0 Å². The number of esters is 3. The molecule has 1 aromatic rings. The molecule has 12 nitrogen and oxygen atoms in total. The largest absolute Gasteiger partial charge is 0.496 e. The third kappa shape index (κ3) is 6.14. The van der Waals surface area contributed by atoms with Crippen molar-refractivity contribution in [1.82, 2.24) is 0 Å². The molecule has 0 amide bonds. The van der Waals surface area contributed by atoms with Gasteiger partial charge in [0.1, 0.15) is 23.2 Å². The molecule has 12 heteroatoms. The quantitative estimate of drug-likeness (QED) is 0.261. The standard InChI is InChI=1S/C29H36O12/c1-16-21(39-24(33)15-23(16)35-8)13-11-9-10-12-14-22-25(37-19(4)31)27(6)26(38-20(5)32)28(7,40-22)29(34,41-27)17(2)36-18(3)30/h9-15,17,22,25-26,34H,1-8H3/b10-9+,13-11+,14-12+/t17-,22+,25+,26+,27+,28-,29+/m1/s1. The number of aliphatic hydroxyl groups is 1. The van der Waals surface area contributed by atoms with E-state index in [1.165, 1.54) is 54.7 Å². The lowest BCUT2D eigenvalue weighted by atomic mass is 9.76. The Balaban J connectivity index is 1.95. The highest BCUT2D eigenvalue weighted by molar-refractivity contribution is 5.68. The molecule has 41 heavy (non-hydrogen) atoms. The van der Waals surface area contributed by atoms with Gasteiger partial charge in [-0.05, 0) is 33.8 Å². The first-order valence-electron chi connectivity index (χ1n) is 12.9. The summed E-state index contributed by atoms with van der Waals surface area (Å²) in [6.07, 6.45) is 5.10. The van der Waals surface area contributed by atoms with Crippen LogP contribution in [0.15, 0.2) is 45.7 Å². The molecule has 3 heterocycles. The van der Waals surface area contributed by atoms with Crippen molar-refractivity contribution in [3.63, 3.8) is 0 Å². The highest BCUT2D eigenvalue weighted by Gasteiger charge is 2.79. The number of allylic oxidation sites excluding steroid dienone is 4. The van der Waals surface area contributed by atoms with Gasteiger partial charge in [0, 0.05) is 26.3 Å². The summed E-state index contributed by atoms with van der Waals surface area (Å²) in [4.78, 5) is 47.6. The van der Waals surface area contributed by atoms with E-state index in [0.29, 0.717) is 17.1 Å². The topological polar surface area (TPSA) is 157 Å². The zero-order valence-electron chi connectivity index (χ0n) is 24.3. The summed E-state index contributed by atoms with van der Waals surface area (Å²) in [7, 11) is 1.46. The van der Waals surface area contributed by atoms with Crippen molar-refractivity contribution in [2.75, 3.05) is 7.11 Å². The van der Waals surface area contributed by atoms with Crippen LogP contribution in [0.2, 0.25) is 0 Å². The average molecular weight is 577 g/mol. The monoisotopic (exact) mass is 576 g/mol. The molecule has 3 rings (SSSR count). The Morgan fingerprint density at radius 3 is 2.24 bits per heavy atom. The van der Waals surface area contributed by atoms with Crippen LogP contribution in [0.4, 0.5) is 0 Å². The fourth-order valence-corrected chi connectivity index (χ4v) is 5.33. The average Bonchev–Trinajstić information content (AvgIpc) is 2.98. The molecule has 0 saturated carbocycles. The summed E-state index contributed by atoms with van der Waals surface area (Å²) in [6.45, 7) is 9.72. The normalized spacial score (nSPS) is 31.9. The van der Waals surface area contributed by atoms with Gasteiger partial charge in [0.15, 0.2) is 23.9 Å². The Bertz CT molecular complexity index is 1330. The van der Waals surface area contributed by atoms with Crippen LogP contribution in [-0.2, 0) is 38.1 Å². The summed E-state index contributed by atoms with van der Waals surface area (Å²) < 4.78 is 39.2. The van der Waals surface area contributed by atoms with E-state index < -0.39 is 64.9 Å². The molecule has 0 spiro atoms. The molecule has 2 fully saturated rings. The maximum absolute atomic E-state index is 12.1. The van der Waals surface area contributed by atoms with Gasteiger partial charge in [-0.25, -0.2) is 4.79 Å². The number of ether oxygens (including phenoxy) is 6. The minimum atomic E-state index is -2.29. The van der Waals surface area contributed by atoms with E-state index in [1.807, 2.05) is 0 Å². The number of fused-ring (bicyclic) bond motifs is 2. The number of hydrogen-bond donors (Lipinski definition) is 1. The van der Waals surface area contributed by atoms with Crippen molar-refractivity contribution < 1.29 is 52.3 Å². The first-order chi connectivity index (χ1) is 19.1. The smallest absolute Gasteiger partial charge is 0.339 e. The van der Waals surface area contributed by atoms with Gasteiger partial charge >= 0.3 is 23.5 Å². The Morgan fingerprint density at radius 2 is 1.66 bits per heavy atom. The van der Waals surface area contributed by atoms with E-state index in [-0.39, 0.29) is 0 Å². The summed E-state index contributed by atoms with van der Waals surface area (Å²) in [5, 5.41) is 11.7. The van der Waals surface area contributed by atoms with Crippen LogP contribution in [0, 0.1) is 6.92 Å². The van der Waals surface area contributed by atoms with Crippen molar-refractivity contribution in [2.24, 2.45) is 0 Å². The van der Waals surface area contributed by atoms with E-state index in [2.05, 4.69) is 0 Å². The van der Waals surface area contributed by atoms with Crippen LogP contribution in [-0.4, -0.2) is 71.5 Å². The van der Waals surface area contributed by atoms with Crippen LogP contribution in [0.3, 0.4) is 0 Å². The van der Waals surface area contributed by atoms with Crippen LogP contribution < -0.4 is 10.4 Å². The van der Waals surface area contributed by atoms with Crippen molar-refractivity contribution >= 4 is 24.0 Å². The second-order valence-corrected chi connectivity index (χ2v) is 10.2. The Kier molecular flexibility index (Phi) is 9.31. The Morgan fingerprint density at radius 1 is 1.02 bits per heavy atom. The second-order valence-electron chi connectivity index (χ2n) is 10.2. The fourth-order valence-electron chi connectivity index (χ4n) is 5.33. The molecule has 2 aliphatic heterocycles. The van der Waals surface area contributed by atoms with Crippen LogP contribution >= 0.6 is 0 Å². The SMILES string of the molecule is COc1cc(=O)oc(/C=C/C=C/C=C/[C@@H]2O[C@]3(C)[C@@H](OC(C)=O)[C@@](C)(O[C@@]3(O)[C@@H](C)OC(C)=O)[C@H]2OC(C)=O)c1C. The minimum absolute atomic E-state index is 0.334. The highest BCUT2D eigenvalue weighted by Crippen LogP contribution is 2.56. The number of methoxy groups -OCH3 is 1. The first-order valence-corrected chi connectivity index (χ1v) is 12.9. The molecule has 2 saturated heterocycles. The lowest BCUT2D eigenvalue weighted by Gasteiger charge is -2.48. The minimum Gasteiger partial charge on any atom is -0.496 e.